The second-order valence-electron chi connectivity index (χ2n) is 3.55. The second kappa shape index (κ2) is 4.25. The minimum atomic E-state index is -0.380. The molecule has 0 bridgehead atoms. The van der Waals surface area contributed by atoms with Crippen LogP contribution in [0.3, 0.4) is 0 Å². The molecule has 2 heterocycles. The van der Waals surface area contributed by atoms with E-state index in [1.807, 2.05) is 24.3 Å². The Bertz CT molecular complexity index is 529. The molecule has 1 aliphatic heterocycles. The zero-order chi connectivity index (χ0) is 11.7. The molecule has 6 heteroatoms. The van der Waals surface area contributed by atoms with E-state index in [1.54, 1.807) is 0 Å². The van der Waals surface area contributed by atoms with Crippen molar-refractivity contribution in [3.63, 3.8) is 0 Å². The number of fused-ring (bicyclic) bond motifs is 1. The van der Waals surface area contributed by atoms with Gasteiger partial charge in [-0.1, -0.05) is 17.3 Å². The fraction of sp³-hybridized carbons (Fsp3) is 0.273. The zero-order valence-corrected chi connectivity index (χ0v) is 9.55. The van der Waals surface area contributed by atoms with Gasteiger partial charge in [0.1, 0.15) is 6.61 Å². The van der Waals surface area contributed by atoms with Crippen molar-refractivity contribution < 1.29 is 14.0 Å². The first kappa shape index (κ1) is 10.4. The standard InChI is InChI=1S/C11H9ClN2O3/c12-5-10-13-11(17-14-10)9-6-15-7-3-1-2-4-8(7)16-9/h1-4,9H,5-6H2/t9-/m0/s1. The Morgan fingerprint density at radius 3 is 2.88 bits per heavy atom. The maximum absolute atomic E-state index is 5.71. The number of nitrogens with zero attached hydrogens (tertiary/aromatic N) is 2. The molecule has 0 amide bonds. The monoisotopic (exact) mass is 252 g/mol. The number of ether oxygens (including phenoxy) is 2. The third-order valence-corrected chi connectivity index (χ3v) is 2.63. The van der Waals surface area contributed by atoms with E-state index in [0.29, 0.717) is 24.1 Å². The van der Waals surface area contributed by atoms with Crippen molar-refractivity contribution in [1.82, 2.24) is 10.1 Å². The molecule has 0 unspecified atom stereocenters. The van der Waals surface area contributed by atoms with E-state index in [-0.39, 0.29) is 12.0 Å². The molecule has 0 radical (unpaired) electrons. The highest BCUT2D eigenvalue weighted by Gasteiger charge is 2.27. The lowest BCUT2D eigenvalue weighted by atomic mass is 10.2. The molecule has 88 valence electrons. The van der Waals surface area contributed by atoms with Crippen molar-refractivity contribution in [1.29, 1.82) is 0 Å². The second-order valence-corrected chi connectivity index (χ2v) is 3.81. The van der Waals surface area contributed by atoms with Gasteiger partial charge in [-0.15, -0.1) is 11.6 Å². The van der Waals surface area contributed by atoms with Crippen LogP contribution < -0.4 is 9.47 Å². The molecule has 0 aliphatic carbocycles. The molecule has 1 aliphatic rings. The number of benzene rings is 1. The molecule has 0 saturated heterocycles. The minimum absolute atomic E-state index is 0.216. The average Bonchev–Trinajstić information content (AvgIpc) is 2.87. The Morgan fingerprint density at radius 2 is 2.12 bits per heavy atom. The van der Waals surface area contributed by atoms with Crippen LogP contribution in [-0.2, 0) is 5.88 Å². The largest absolute Gasteiger partial charge is 0.485 e. The number of hydrogen-bond acceptors (Lipinski definition) is 5. The highest BCUT2D eigenvalue weighted by molar-refractivity contribution is 6.16. The van der Waals surface area contributed by atoms with E-state index < -0.39 is 0 Å². The van der Waals surface area contributed by atoms with Gasteiger partial charge in [0.05, 0.1) is 5.88 Å². The molecule has 5 nitrogen and oxygen atoms in total. The van der Waals surface area contributed by atoms with Gasteiger partial charge in [-0.05, 0) is 12.1 Å². The van der Waals surface area contributed by atoms with Crippen LogP contribution in [0.25, 0.3) is 0 Å². The van der Waals surface area contributed by atoms with Crippen molar-refractivity contribution >= 4 is 11.6 Å². The Hall–Kier alpha value is -1.75. The third-order valence-electron chi connectivity index (χ3n) is 2.39. The summed E-state index contributed by atoms with van der Waals surface area (Å²) in [6.45, 7) is 0.348. The molecule has 17 heavy (non-hydrogen) atoms. The molecule has 0 N–H and O–H groups in total. The maximum atomic E-state index is 5.71. The van der Waals surface area contributed by atoms with E-state index in [1.165, 1.54) is 0 Å². The van der Waals surface area contributed by atoms with Crippen LogP contribution in [0.4, 0.5) is 0 Å². The molecule has 1 aromatic heterocycles. The number of rotatable bonds is 2. The van der Waals surface area contributed by atoms with Crippen LogP contribution in [0.2, 0.25) is 0 Å². The van der Waals surface area contributed by atoms with Crippen molar-refractivity contribution in [2.24, 2.45) is 0 Å². The summed E-state index contributed by atoms with van der Waals surface area (Å²) in [5.41, 5.74) is 0. The lowest BCUT2D eigenvalue weighted by molar-refractivity contribution is 0.0665. The molecule has 2 aromatic rings. The molecule has 3 rings (SSSR count). The summed E-state index contributed by atoms with van der Waals surface area (Å²) in [7, 11) is 0. The van der Waals surface area contributed by atoms with E-state index in [2.05, 4.69) is 10.1 Å². The van der Waals surface area contributed by atoms with Gasteiger partial charge in [-0.3, -0.25) is 0 Å². The van der Waals surface area contributed by atoms with Gasteiger partial charge < -0.3 is 14.0 Å². The molecule has 1 atom stereocenters. The number of hydrogen-bond donors (Lipinski definition) is 0. The molecule has 0 fully saturated rings. The summed E-state index contributed by atoms with van der Waals surface area (Å²) in [6.07, 6.45) is -0.380. The fourth-order valence-electron chi connectivity index (χ4n) is 1.59. The van der Waals surface area contributed by atoms with Gasteiger partial charge >= 0.3 is 0 Å². The first-order chi connectivity index (χ1) is 8.36. The normalized spacial score (nSPS) is 18.1. The molecule has 0 saturated carbocycles. The van der Waals surface area contributed by atoms with Crippen molar-refractivity contribution in [2.75, 3.05) is 6.61 Å². The summed E-state index contributed by atoms with van der Waals surface area (Å²) in [4.78, 5) is 4.11. The van der Waals surface area contributed by atoms with Crippen LogP contribution in [-0.4, -0.2) is 16.7 Å². The zero-order valence-electron chi connectivity index (χ0n) is 8.80. The molecule has 1 aromatic carbocycles. The van der Waals surface area contributed by atoms with Gasteiger partial charge in [0, 0.05) is 0 Å². The number of alkyl halides is 1. The Morgan fingerprint density at radius 1 is 1.29 bits per heavy atom. The summed E-state index contributed by atoms with van der Waals surface area (Å²) >= 11 is 5.60. The smallest absolute Gasteiger partial charge is 0.271 e. The average molecular weight is 253 g/mol. The third kappa shape index (κ3) is 1.93. The van der Waals surface area contributed by atoms with Crippen molar-refractivity contribution in [3.05, 3.63) is 36.0 Å². The summed E-state index contributed by atoms with van der Waals surface area (Å²) in [5, 5.41) is 3.71. The first-order valence-corrected chi connectivity index (χ1v) is 5.67. The lowest BCUT2D eigenvalue weighted by Gasteiger charge is -2.23. The highest BCUT2D eigenvalue weighted by Crippen LogP contribution is 2.35. The van der Waals surface area contributed by atoms with Gasteiger partial charge in [0.15, 0.2) is 17.3 Å². The Kier molecular flexibility index (Phi) is 2.60. The predicted octanol–water partition coefficient (Wildman–Crippen LogP) is 2.32. The summed E-state index contributed by atoms with van der Waals surface area (Å²) in [6, 6.07) is 7.45. The van der Waals surface area contributed by atoms with E-state index in [9.17, 15) is 0 Å². The van der Waals surface area contributed by atoms with Crippen LogP contribution in [0, 0.1) is 0 Å². The Labute approximate surface area is 102 Å². The van der Waals surface area contributed by atoms with Gasteiger partial charge in [-0.2, -0.15) is 4.98 Å². The summed E-state index contributed by atoms with van der Waals surface area (Å²) < 4.78 is 16.3. The molecular formula is C11H9ClN2O3. The van der Waals surface area contributed by atoms with Crippen LogP contribution in [0.15, 0.2) is 28.8 Å². The number of para-hydroxylation sites is 2. The minimum Gasteiger partial charge on any atom is -0.485 e. The Balaban J connectivity index is 1.84. The SMILES string of the molecule is ClCc1noc([C@@H]2COc3ccccc3O2)n1. The fourth-order valence-corrected chi connectivity index (χ4v) is 1.70. The molecular weight excluding hydrogens is 244 g/mol. The van der Waals surface area contributed by atoms with Gasteiger partial charge in [0.25, 0.3) is 5.89 Å². The van der Waals surface area contributed by atoms with Crippen molar-refractivity contribution in [2.45, 2.75) is 12.0 Å². The highest BCUT2D eigenvalue weighted by atomic mass is 35.5. The first-order valence-electron chi connectivity index (χ1n) is 5.14. The quantitative estimate of drug-likeness (QED) is 0.768. The summed E-state index contributed by atoms with van der Waals surface area (Å²) in [5.74, 6) is 2.45. The molecule has 0 spiro atoms. The lowest BCUT2D eigenvalue weighted by Crippen LogP contribution is -2.21. The number of aromatic nitrogens is 2. The van der Waals surface area contributed by atoms with E-state index >= 15 is 0 Å². The predicted molar refractivity (Wildman–Crippen MR) is 59.2 cm³/mol. The van der Waals surface area contributed by atoms with Crippen LogP contribution in [0.5, 0.6) is 11.5 Å². The van der Waals surface area contributed by atoms with Gasteiger partial charge in [-0.25, -0.2) is 0 Å². The van der Waals surface area contributed by atoms with Gasteiger partial charge in [0.2, 0.25) is 6.10 Å². The van der Waals surface area contributed by atoms with E-state index in [4.69, 9.17) is 25.6 Å². The topological polar surface area (TPSA) is 57.4 Å². The number of halogens is 1. The van der Waals surface area contributed by atoms with Crippen molar-refractivity contribution in [3.8, 4) is 11.5 Å². The van der Waals surface area contributed by atoms with Crippen LogP contribution in [0.1, 0.15) is 17.8 Å². The maximum Gasteiger partial charge on any atom is 0.271 e. The van der Waals surface area contributed by atoms with E-state index in [0.717, 1.165) is 5.75 Å². The van der Waals surface area contributed by atoms with Crippen LogP contribution >= 0.6 is 11.6 Å².